The number of amides is 1. The number of piperidine rings is 1. The van der Waals surface area contributed by atoms with E-state index in [1.54, 1.807) is 4.68 Å². The highest BCUT2D eigenvalue weighted by Crippen LogP contribution is 2.46. The zero-order valence-corrected chi connectivity index (χ0v) is 14.8. The van der Waals surface area contributed by atoms with Crippen molar-refractivity contribution < 1.29 is 14.6 Å². The maximum absolute atomic E-state index is 13.0. The molecule has 2 fully saturated rings. The molecule has 0 bridgehead atoms. The van der Waals surface area contributed by atoms with E-state index in [-0.39, 0.29) is 18.1 Å². The van der Waals surface area contributed by atoms with Gasteiger partial charge in [-0.05, 0) is 45.4 Å². The van der Waals surface area contributed by atoms with Gasteiger partial charge in [0.1, 0.15) is 0 Å². The van der Waals surface area contributed by atoms with Crippen LogP contribution in [0.15, 0.2) is 0 Å². The van der Waals surface area contributed by atoms with Gasteiger partial charge in [0.15, 0.2) is 5.69 Å². The summed E-state index contributed by atoms with van der Waals surface area (Å²) >= 11 is 0. The van der Waals surface area contributed by atoms with E-state index in [1.807, 2.05) is 25.8 Å². The Labute approximate surface area is 142 Å². The van der Waals surface area contributed by atoms with Crippen LogP contribution in [0, 0.1) is 5.92 Å². The van der Waals surface area contributed by atoms with Crippen molar-refractivity contribution >= 4 is 5.91 Å². The number of carbonyl (C=O) groups is 1. The van der Waals surface area contributed by atoms with Crippen LogP contribution in [0.5, 0.6) is 0 Å². The van der Waals surface area contributed by atoms with Gasteiger partial charge in [-0.25, -0.2) is 0 Å². The maximum atomic E-state index is 13.0. The fourth-order valence-corrected chi connectivity index (χ4v) is 4.52. The quantitative estimate of drug-likeness (QED) is 0.896. The largest absolute Gasteiger partial charge is 0.390 e. The maximum Gasteiger partial charge on any atom is 0.274 e. The van der Waals surface area contributed by atoms with Crippen LogP contribution < -0.4 is 0 Å². The first-order valence-electron chi connectivity index (χ1n) is 9.12. The van der Waals surface area contributed by atoms with E-state index < -0.39 is 5.60 Å². The summed E-state index contributed by atoms with van der Waals surface area (Å²) in [6.45, 7) is 5.51. The van der Waals surface area contributed by atoms with Gasteiger partial charge >= 0.3 is 0 Å². The van der Waals surface area contributed by atoms with Crippen molar-refractivity contribution in [1.82, 2.24) is 14.7 Å². The molecule has 1 aromatic heterocycles. The van der Waals surface area contributed by atoms with Crippen LogP contribution in [-0.4, -0.2) is 50.5 Å². The molecule has 6 nitrogen and oxygen atoms in total. The molecule has 0 spiro atoms. The van der Waals surface area contributed by atoms with E-state index in [0.717, 1.165) is 56.5 Å². The third-order valence-electron chi connectivity index (χ3n) is 6.01. The highest BCUT2D eigenvalue weighted by molar-refractivity contribution is 5.94. The first kappa shape index (κ1) is 16.1. The highest BCUT2D eigenvalue weighted by Gasteiger charge is 2.48. The molecule has 0 aromatic carbocycles. The van der Waals surface area contributed by atoms with E-state index in [2.05, 4.69) is 5.10 Å². The number of nitrogens with zero attached hydrogens (tertiary/aromatic N) is 3. The second kappa shape index (κ2) is 5.56. The van der Waals surface area contributed by atoms with Crippen LogP contribution in [-0.2, 0) is 18.2 Å². The lowest BCUT2D eigenvalue weighted by Crippen LogP contribution is -2.42. The molecule has 6 heteroatoms. The third-order valence-corrected chi connectivity index (χ3v) is 6.01. The molecular weight excluding hydrogens is 306 g/mol. The molecular formula is C18H27N3O3. The summed E-state index contributed by atoms with van der Waals surface area (Å²) in [5.41, 5.74) is 2.25. The van der Waals surface area contributed by atoms with Gasteiger partial charge in [0.2, 0.25) is 0 Å². The van der Waals surface area contributed by atoms with E-state index in [4.69, 9.17) is 4.74 Å². The van der Waals surface area contributed by atoms with Crippen molar-refractivity contribution in [3.8, 4) is 0 Å². The number of rotatable bonds is 2. The van der Waals surface area contributed by atoms with Crippen LogP contribution in [0.3, 0.4) is 0 Å². The third kappa shape index (κ3) is 2.56. The minimum atomic E-state index is -0.429. The fraction of sp³-hybridized carbons (Fsp3) is 0.778. The molecule has 1 aromatic rings. The van der Waals surface area contributed by atoms with Crippen LogP contribution >= 0.6 is 0 Å². The number of aryl methyl sites for hydroxylation is 1. The lowest BCUT2D eigenvalue weighted by molar-refractivity contribution is -0.00911. The molecule has 1 N–H and O–H groups in total. The Morgan fingerprint density at radius 2 is 1.96 bits per heavy atom. The minimum absolute atomic E-state index is 0.0300. The summed E-state index contributed by atoms with van der Waals surface area (Å²) in [6, 6.07) is 0. The molecule has 1 aliphatic carbocycles. The van der Waals surface area contributed by atoms with Gasteiger partial charge in [-0.3, -0.25) is 9.48 Å². The van der Waals surface area contributed by atoms with Gasteiger partial charge in [-0.2, -0.15) is 5.10 Å². The van der Waals surface area contributed by atoms with Gasteiger partial charge in [0.25, 0.3) is 5.91 Å². The fourth-order valence-electron chi connectivity index (χ4n) is 4.52. The number of fused-ring (bicyclic) bond motifs is 1. The molecule has 1 saturated heterocycles. The van der Waals surface area contributed by atoms with Crippen molar-refractivity contribution in [3.05, 3.63) is 17.0 Å². The number of aromatic nitrogens is 2. The predicted molar refractivity (Wildman–Crippen MR) is 88.7 cm³/mol. The molecule has 3 heterocycles. The zero-order valence-electron chi connectivity index (χ0n) is 14.8. The van der Waals surface area contributed by atoms with Crippen LogP contribution in [0.4, 0.5) is 0 Å². The number of carbonyl (C=O) groups excluding carboxylic acids is 1. The summed E-state index contributed by atoms with van der Waals surface area (Å²) in [7, 11) is 1.89. The normalized spacial score (nSPS) is 29.4. The van der Waals surface area contributed by atoms with Gasteiger partial charge in [-0.1, -0.05) is 0 Å². The second-order valence-electron chi connectivity index (χ2n) is 7.80. The molecule has 2 aliphatic heterocycles. The zero-order chi connectivity index (χ0) is 17.1. The van der Waals surface area contributed by atoms with E-state index in [0.29, 0.717) is 11.6 Å². The van der Waals surface area contributed by atoms with Crippen LogP contribution in [0.25, 0.3) is 0 Å². The molecule has 1 amide bonds. The predicted octanol–water partition coefficient (Wildman–Crippen LogP) is 1.82. The summed E-state index contributed by atoms with van der Waals surface area (Å²) in [4.78, 5) is 14.9. The molecule has 132 valence electrons. The molecule has 4 rings (SSSR count). The van der Waals surface area contributed by atoms with E-state index >= 15 is 0 Å². The van der Waals surface area contributed by atoms with Crippen LogP contribution in [0.1, 0.15) is 67.4 Å². The molecule has 0 radical (unpaired) electrons. The van der Waals surface area contributed by atoms with Crippen molar-refractivity contribution in [2.24, 2.45) is 13.0 Å². The molecule has 24 heavy (non-hydrogen) atoms. The van der Waals surface area contributed by atoms with Crippen LogP contribution in [0.2, 0.25) is 0 Å². The number of likely N-dealkylation sites (tertiary alicyclic amines) is 1. The first-order chi connectivity index (χ1) is 11.4. The standard InChI is InChI=1S/C18H27N3O3/c1-11-10-14-15(19-20(3)16(14)12(2)24-11)17(22)21-8-4-13(5-9-21)18(23)6-7-18/h11-13,23H,4-10H2,1-3H3/t11-,12+/m1/s1. The summed E-state index contributed by atoms with van der Waals surface area (Å²) in [5, 5.41) is 14.8. The van der Waals surface area contributed by atoms with E-state index in [9.17, 15) is 9.90 Å². The van der Waals surface area contributed by atoms with Gasteiger partial charge < -0.3 is 14.7 Å². The summed E-state index contributed by atoms with van der Waals surface area (Å²) in [6.07, 6.45) is 4.46. The number of hydrogen-bond donors (Lipinski definition) is 1. The SMILES string of the molecule is C[C@@H]1Cc2c(C(=O)N3CCC(C4(O)CC4)CC3)nn(C)c2[C@H](C)O1. The Balaban J connectivity index is 1.52. The lowest BCUT2D eigenvalue weighted by Gasteiger charge is -2.34. The smallest absolute Gasteiger partial charge is 0.274 e. The average Bonchev–Trinajstić information content (AvgIpc) is 3.21. The summed E-state index contributed by atoms with van der Waals surface area (Å²) < 4.78 is 7.68. The van der Waals surface area contributed by atoms with Gasteiger partial charge in [-0.15, -0.1) is 0 Å². The van der Waals surface area contributed by atoms with Crippen molar-refractivity contribution in [2.45, 2.75) is 63.8 Å². The monoisotopic (exact) mass is 333 g/mol. The Kier molecular flexibility index (Phi) is 3.73. The Morgan fingerprint density at radius 1 is 1.29 bits per heavy atom. The summed E-state index contributed by atoms with van der Waals surface area (Å²) in [5.74, 6) is 0.391. The van der Waals surface area contributed by atoms with Gasteiger partial charge in [0.05, 0.1) is 23.5 Å². The minimum Gasteiger partial charge on any atom is -0.390 e. The average molecular weight is 333 g/mol. The Morgan fingerprint density at radius 3 is 2.58 bits per heavy atom. The van der Waals surface area contributed by atoms with Crippen molar-refractivity contribution in [2.75, 3.05) is 13.1 Å². The Bertz CT molecular complexity index is 657. The van der Waals surface area contributed by atoms with Crippen molar-refractivity contribution in [3.63, 3.8) is 0 Å². The molecule has 3 aliphatic rings. The topological polar surface area (TPSA) is 67.6 Å². The number of ether oxygens (including phenoxy) is 1. The van der Waals surface area contributed by atoms with Crippen molar-refractivity contribution in [1.29, 1.82) is 0 Å². The lowest BCUT2D eigenvalue weighted by atomic mass is 9.89. The number of hydrogen-bond acceptors (Lipinski definition) is 4. The first-order valence-corrected chi connectivity index (χ1v) is 9.12. The number of aliphatic hydroxyl groups is 1. The highest BCUT2D eigenvalue weighted by atomic mass is 16.5. The van der Waals surface area contributed by atoms with E-state index in [1.165, 1.54) is 0 Å². The Hall–Kier alpha value is -1.40. The molecule has 2 atom stereocenters. The van der Waals surface area contributed by atoms with Gasteiger partial charge in [0, 0.05) is 32.1 Å². The molecule has 1 saturated carbocycles. The molecule has 0 unspecified atom stereocenters. The second-order valence-corrected chi connectivity index (χ2v) is 7.80.